The molecule has 0 radical (unpaired) electrons. The van der Waals surface area contributed by atoms with Gasteiger partial charge in [0.2, 0.25) is 0 Å². The molecule has 0 fully saturated rings. The molecule has 4 unspecified atom stereocenters. The van der Waals surface area contributed by atoms with Crippen molar-refractivity contribution in [1.29, 1.82) is 0 Å². The van der Waals surface area contributed by atoms with Gasteiger partial charge in [0.25, 0.3) is 0 Å². The van der Waals surface area contributed by atoms with Crippen molar-refractivity contribution >= 4 is 0 Å². The molecule has 0 amide bonds. The van der Waals surface area contributed by atoms with E-state index in [0.717, 1.165) is 0 Å². The fourth-order valence-electron chi connectivity index (χ4n) is 0.669. The van der Waals surface area contributed by atoms with Gasteiger partial charge in [-0.2, -0.15) is 0 Å². The number of aliphatic hydroxyl groups is 5. The van der Waals surface area contributed by atoms with Crippen molar-refractivity contribution in [3.8, 4) is 0 Å². The van der Waals surface area contributed by atoms with Crippen molar-refractivity contribution in [2.75, 3.05) is 0 Å². The van der Waals surface area contributed by atoms with E-state index >= 15 is 0 Å². The number of hydrogen-bond acceptors (Lipinski definition) is 5. The first-order valence-corrected chi connectivity index (χ1v) is 3.48. The van der Waals surface area contributed by atoms with E-state index in [-0.39, 0.29) is 0 Å². The molecule has 5 nitrogen and oxygen atoms in total. The molecule has 5 N–H and O–H groups in total. The molecule has 72 valence electrons. The van der Waals surface area contributed by atoms with E-state index in [1.807, 2.05) is 0 Å². The molecular formula is C7H14O5. The van der Waals surface area contributed by atoms with Crippen molar-refractivity contribution in [2.24, 2.45) is 0 Å². The van der Waals surface area contributed by atoms with Crippen LogP contribution in [0.25, 0.3) is 0 Å². The van der Waals surface area contributed by atoms with Gasteiger partial charge < -0.3 is 25.5 Å². The summed E-state index contributed by atoms with van der Waals surface area (Å²) < 4.78 is 0. The molecule has 0 heterocycles. The monoisotopic (exact) mass is 178 g/mol. The summed E-state index contributed by atoms with van der Waals surface area (Å²) in [7, 11) is 0. The smallest absolute Gasteiger partial charge is 0.139 e. The Bertz CT molecular complexity index is 156. The van der Waals surface area contributed by atoms with Crippen LogP contribution in [0.2, 0.25) is 0 Å². The molecule has 0 saturated carbocycles. The van der Waals surface area contributed by atoms with Gasteiger partial charge >= 0.3 is 0 Å². The summed E-state index contributed by atoms with van der Waals surface area (Å²) in [4.78, 5) is 0. The predicted molar refractivity (Wildman–Crippen MR) is 41.5 cm³/mol. The minimum atomic E-state index is -1.64. The SMILES string of the molecule is C=C(O)C(O)C(O)C(O)C(C)O. The van der Waals surface area contributed by atoms with E-state index in [9.17, 15) is 0 Å². The summed E-state index contributed by atoms with van der Waals surface area (Å²) in [5.74, 6) is -0.651. The Hall–Kier alpha value is -0.620. The second kappa shape index (κ2) is 4.42. The average Bonchev–Trinajstić information content (AvgIpc) is 2.00. The third-order valence-corrected chi connectivity index (χ3v) is 1.51. The fourth-order valence-corrected chi connectivity index (χ4v) is 0.669. The van der Waals surface area contributed by atoms with Crippen LogP contribution in [0.1, 0.15) is 6.92 Å². The highest BCUT2D eigenvalue weighted by atomic mass is 16.4. The van der Waals surface area contributed by atoms with E-state index in [1.54, 1.807) is 0 Å². The van der Waals surface area contributed by atoms with Crippen LogP contribution >= 0.6 is 0 Å². The largest absolute Gasteiger partial charge is 0.510 e. The minimum Gasteiger partial charge on any atom is -0.510 e. The predicted octanol–water partition coefficient (Wildman–Crippen LogP) is -1.48. The Balaban J connectivity index is 4.18. The summed E-state index contributed by atoms with van der Waals surface area (Å²) in [5, 5.41) is 44.4. The highest BCUT2D eigenvalue weighted by molar-refractivity contribution is 4.96. The van der Waals surface area contributed by atoms with Gasteiger partial charge in [-0.05, 0) is 6.92 Å². The topological polar surface area (TPSA) is 101 Å². The third kappa shape index (κ3) is 2.78. The first-order valence-electron chi connectivity index (χ1n) is 3.48. The highest BCUT2D eigenvalue weighted by Crippen LogP contribution is 2.08. The quantitative estimate of drug-likeness (QED) is 0.338. The summed E-state index contributed by atoms with van der Waals surface area (Å²) in [6, 6.07) is 0. The first kappa shape index (κ1) is 11.4. The van der Waals surface area contributed by atoms with Gasteiger partial charge in [0, 0.05) is 0 Å². The summed E-state index contributed by atoms with van der Waals surface area (Å²) in [6.45, 7) is 4.22. The average molecular weight is 178 g/mol. The Morgan fingerprint density at radius 1 is 1.08 bits per heavy atom. The molecule has 0 aliphatic heterocycles. The van der Waals surface area contributed by atoms with Crippen LogP contribution in [0.5, 0.6) is 0 Å². The van der Waals surface area contributed by atoms with Gasteiger partial charge in [-0.25, -0.2) is 0 Å². The Morgan fingerprint density at radius 3 is 1.75 bits per heavy atom. The maximum Gasteiger partial charge on any atom is 0.139 e. The van der Waals surface area contributed by atoms with Crippen LogP contribution in [0.3, 0.4) is 0 Å². The van der Waals surface area contributed by atoms with Gasteiger partial charge in [0.1, 0.15) is 24.1 Å². The first-order chi connectivity index (χ1) is 5.37. The Labute approximate surface area is 70.2 Å². The zero-order chi connectivity index (χ0) is 9.89. The summed E-state index contributed by atoms with van der Waals surface area (Å²) >= 11 is 0. The van der Waals surface area contributed by atoms with Crippen molar-refractivity contribution < 1.29 is 25.5 Å². The number of aliphatic hydroxyl groups excluding tert-OH is 5. The molecule has 0 bridgehead atoms. The lowest BCUT2D eigenvalue weighted by Gasteiger charge is -2.23. The highest BCUT2D eigenvalue weighted by Gasteiger charge is 2.29. The van der Waals surface area contributed by atoms with E-state index in [4.69, 9.17) is 25.5 Å². The van der Waals surface area contributed by atoms with E-state index in [1.165, 1.54) is 6.92 Å². The Morgan fingerprint density at radius 2 is 1.50 bits per heavy atom. The standard InChI is InChI=1S/C7H14O5/c1-3(8)5(10)7(12)6(11)4(2)9/h4-12H,1H2,2H3. The lowest BCUT2D eigenvalue weighted by atomic mass is 10.0. The van der Waals surface area contributed by atoms with Gasteiger partial charge in [-0.15, -0.1) is 0 Å². The van der Waals surface area contributed by atoms with E-state index in [0.29, 0.717) is 0 Å². The van der Waals surface area contributed by atoms with Crippen molar-refractivity contribution in [3.63, 3.8) is 0 Å². The van der Waals surface area contributed by atoms with Crippen molar-refractivity contribution in [1.82, 2.24) is 0 Å². The minimum absolute atomic E-state index is 0.651. The van der Waals surface area contributed by atoms with Crippen LogP contribution in [-0.2, 0) is 0 Å². The molecule has 0 aromatic rings. The molecule has 4 atom stereocenters. The Kier molecular flexibility index (Phi) is 4.19. The molecule has 0 aromatic heterocycles. The van der Waals surface area contributed by atoms with Gasteiger partial charge in [-0.3, -0.25) is 0 Å². The molecule has 5 heteroatoms. The molecule has 0 spiro atoms. The second-order valence-corrected chi connectivity index (χ2v) is 2.66. The van der Waals surface area contributed by atoms with Crippen LogP contribution in [0.15, 0.2) is 12.3 Å². The second-order valence-electron chi connectivity index (χ2n) is 2.66. The number of hydrogen-bond donors (Lipinski definition) is 5. The summed E-state index contributed by atoms with van der Waals surface area (Å²) in [5.41, 5.74) is 0. The maximum absolute atomic E-state index is 9.05. The van der Waals surface area contributed by atoms with Crippen LogP contribution in [0.4, 0.5) is 0 Å². The zero-order valence-corrected chi connectivity index (χ0v) is 6.75. The van der Waals surface area contributed by atoms with Crippen LogP contribution < -0.4 is 0 Å². The number of rotatable bonds is 4. The molecule has 0 aliphatic rings. The van der Waals surface area contributed by atoms with E-state index < -0.39 is 30.2 Å². The fraction of sp³-hybridized carbons (Fsp3) is 0.714. The molecule has 12 heavy (non-hydrogen) atoms. The van der Waals surface area contributed by atoms with Crippen LogP contribution in [-0.4, -0.2) is 49.9 Å². The van der Waals surface area contributed by atoms with Gasteiger partial charge in [0.15, 0.2) is 0 Å². The molecule has 0 aromatic carbocycles. The van der Waals surface area contributed by atoms with Crippen LogP contribution in [0, 0.1) is 0 Å². The van der Waals surface area contributed by atoms with Crippen molar-refractivity contribution in [2.45, 2.75) is 31.3 Å². The normalized spacial score (nSPS) is 21.1. The molecule has 0 aliphatic carbocycles. The molecule has 0 rings (SSSR count). The van der Waals surface area contributed by atoms with Gasteiger partial charge in [-0.1, -0.05) is 6.58 Å². The maximum atomic E-state index is 9.05. The lowest BCUT2D eigenvalue weighted by molar-refractivity contribution is -0.0974. The summed E-state index contributed by atoms with van der Waals surface area (Å²) in [6.07, 6.45) is -5.98. The molecule has 0 saturated heterocycles. The van der Waals surface area contributed by atoms with E-state index in [2.05, 4.69) is 6.58 Å². The zero-order valence-electron chi connectivity index (χ0n) is 6.75. The third-order valence-electron chi connectivity index (χ3n) is 1.51. The lowest BCUT2D eigenvalue weighted by Crippen LogP contribution is -2.43. The molecular weight excluding hydrogens is 164 g/mol. The van der Waals surface area contributed by atoms with Crippen molar-refractivity contribution in [3.05, 3.63) is 12.3 Å². The van der Waals surface area contributed by atoms with Gasteiger partial charge in [0.05, 0.1) is 6.10 Å².